The van der Waals surface area contributed by atoms with Crippen molar-refractivity contribution in [2.75, 3.05) is 13.1 Å². The average Bonchev–Trinajstić information content (AvgIpc) is 2.61. The molecule has 0 bridgehead atoms. The molecule has 0 aromatic heterocycles. The number of nitrogens with two attached hydrogens (primary N) is 1. The Morgan fingerprint density at radius 3 is 3.06 bits per heavy atom. The minimum atomic E-state index is -0.288. The van der Waals surface area contributed by atoms with Gasteiger partial charge in [0.1, 0.15) is 5.82 Å². The Kier molecular flexibility index (Phi) is 3.17. The molecule has 1 amide bonds. The van der Waals surface area contributed by atoms with Gasteiger partial charge >= 0.3 is 0 Å². The summed E-state index contributed by atoms with van der Waals surface area (Å²) >= 11 is 0. The highest BCUT2D eigenvalue weighted by molar-refractivity contribution is 5.78. The Morgan fingerprint density at radius 1 is 1.56 bits per heavy atom. The van der Waals surface area contributed by atoms with Crippen molar-refractivity contribution in [1.29, 1.82) is 0 Å². The van der Waals surface area contributed by atoms with Gasteiger partial charge in [-0.1, -0.05) is 12.1 Å². The van der Waals surface area contributed by atoms with Crippen LogP contribution < -0.4 is 11.2 Å². The summed E-state index contributed by atoms with van der Waals surface area (Å²) in [6.07, 6.45) is 0.351. The summed E-state index contributed by atoms with van der Waals surface area (Å²) in [5.41, 5.74) is 9.19. The average molecular weight is 223 g/mol. The fourth-order valence-electron chi connectivity index (χ4n) is 1.82. The minimum absolute atomic E-state index is 0.000267. The van der Waals surface area contributed by atoms with E-state index >= 15 is 0 Å². The van der Waals surface area contributed by atoms with Crippen LogP contribution >= 0.6 is 0 Å². The highest BCUT2D eigenvalue weighted by Crippen LogP contribution is 2.23. The molecule has 3 N–H and O–H groups in total. The molecule has 1 atom stereocenters. The molecule has 16 heavy (non-hydrogen) atoms. The summed E-state index contributed by atoms with van der Waals surface area (Å²) < 4.78 is 13.0. The summed E-state index contributed by atoms with van der Waals surface area (Å²) in [5, 5.41) is 1.50. The van der Waals surface area contributed by atoms with E-state index in [4.69, 9.17) is 5.73 Å². The van der Waals surface area contributed by atoms with Gasteiger partial charge in [0.15, 0.2) is 0 Å². The molecule has 5 heteroatoms. The van der Waals surface area contributed by atoms with Crippen LogP contribution in [0.15, 0.2) is 24.3 Å². The van der Waals surface area contributed by atoms with E-state index in [1.165, 1.54) is 17.1 Å². The maximum Gasteiger partial charge on any atom is 0.238 e. The summed E-state index contributed by atoms with van der Waals surface area (Å²) in [6.45, 7) is 0.888. The maximum atomic E-state index is 13.0. The Bertz CT molecular complexity index is 397. The van der Waals surface area contributed by atoms with E-state index in [0.717, 1.165) is 5.56 Å². The molecule has 4 nitrogen and oxygen atoms in total. The second kappa shape index (κ2) is 4.59. The van der Waals surface area contributed by atoms with Crippen LogP contribution in [0.3, 0.4) is 0 Å². The zero-order chi connectivity index (χ0) is 11.5. The van der Waals surface area contributed by atoms with Gasteiger partial charge in [0.2, 0.25) is 5.91 Å². The fourth-order valence-corrected chi connectivity index (χ4v) is 1.82. The number of nitrogens with one attached hydrogen (secondary N) is 1. The van der Waals surface area contributed by atoms with Crippen molar-refractivity contribution < 1.29 is 9.18 Å². The number of amides is 1. The predicted octanol–water partition coefficient (Wildman–Crippen LogP) is 0.562. The Morgan fingerprint density at radius 2 is 2.38 bits per heavy atom. The van der Waals surface area contributed by atoms with Crippen LogP contribution in [0, 0.1) is 5.82 Å². The first-order valence-electron chi connectivity index (χ1n) is 5.23. The van der Waals surface area contributed by atoms with E-state index in [2.05, 4.69) is 5.43 Å². The monoisotopic (exact) mass is 223 g/mol. The molecule has 1 aromatic carbocycles. The molecule has 0 radical (unpaired) electrons. The van der Waals surface area contributed by atoms with Crippen LogP contribution in [-0.2, 0) is 4.79 Å². The highest BCUT2D eigenvalue weighted by atomic mass is 19.1. The second-order valence-corrected chi connectivity index (χ2v) is 3.77. The quantitative estimate of drug-likeness (QED) is 0.787. The van der Waals surface area contributed by atoms with Gasteiger partial charge in [0.25, 0.3) is 0 Å². The predicted molar refractivity (Wildman–Crippen MR) is 57.7 cm³/mol. The number of benzene rings is 1. The second-order valence-electron chi connectivity index (χ2n) is 3.77. The van der Waals surface area contributed by atoms with Crippen molar-refractivity contribution >= 4 is 5.91 Å². The van der Waals surface area contributed by atoms with Gasteiger partial charge in [-0.3, -0.25) is 9.80 Å². The van der Waals surface area contributed by atoms with Crippen LogP contribution in [0.25, 0.3) is 0 Å². The number of carbonyl (C=O) groups excluding carboxylic acids is 1. The number of halogens is 1. The van der Waals surface area contributed by atoms with E-state index in [9.17, 15) is 9.18 Å². The first-order chi connectivity index (χ1) is 7.70. The molecule has 0 spiro atoms. The van der Waals surface area contributed by atoms with E-state index in [1.54, 1.807) is 12.1 Å². The summed E-state index contributed by atoms with van der Waals surface area (Å²) in [5.74, 6) is -0.288. The molecule has 1 unspecified atom stereocenters. The fraction of sp³-hybridized carbons (Fsp3) is 0.364. The molecule has 1 heterocycles. The Balaban J connectivity index is 2.10. The lowest BCUT2D eigenvalue weighted by molar-refractivity contribution is -0.129. The lowest BCUT2D eigenvalue weighted by Gasteiger charge is -2.17. The van der Waals surface area contributed by atoms with Crippen LogP contribution in [0.5, 0.6) is 0 Å². The topological polar surface area (TPSA) is 58.4 Å². The number of rotatable bonds is 3. The number of hydrogen-bond acceptors (Lipinski definition) is 3. The summed E-state index contributed by atoms with van der Waals surface area (Å²) in [7, 11) is 0. The minimum Gasteiger partial charge on any atom is -0.329 e. The molecule has 1 aliphatic rings. The van der Waals surface area contributed by atoms with Crippen molar-refractivity contribution in [3.05, 3.63) is 35.6 Å². The van der Waals surface area contributed by atoms with Crippen LogP contribution in [-0.4, -0.2) is 24.0 Å². The van der Waals surface area contributed by atoms with Crippen molar-refractivity contribution in [2.24, 2.45) is 5.73 Å². The van der Waals surface area contributed by atoms with Gasteiger partial charge in [-0.05, 0) is 17.7 Å². The zero-order valence-corrected chi connectivity index (χ0v) is 8.82. The van der Waals surface area contributed by atoms with Gasteiger partial charge in [0, 0.05) is 19.5 Å². The molecule has 1 aromatic rings. The molecule has 0 saturated carbocycles. The van der Waals surface area contributed by atoms with E-state index in [1.807, 2.05) is 0 Å². The standard InChI is InChI=1S/C11H14FN3O/c12-9-3-1-2-8(6-9)10-7-11(16)15(14-10)5-4-13/h1-3,6,10,14H,4-5,7,13H2. The third-order valence-electron chi connectivity index (χ3n) is 2.60. The lowest BCUT2D eigenvalue weighted by atomic mass is 10.1. The van der Waals surface area contributed by atoms with Gasteiger partial charge in [-0.25, -0.2) is 9.82 Å². The van der Waals surface area contributed by atoms with Crippen LogP contribution in [0.4, 0.5) is 4.39 Å². The van der Waals surface area contributed by atoms with Gasteiger partial charge in [0.05, 0.1) is 6.04 Å². The lowest BCUT2D eigenvalue weighted by Crippen LogP contribution is -2.38. The van der Waals surface area contributed by atoms with Crippen LogP contribution in [0.2, 0.25) is 0 Å². The smallest absolute Gasteiger partial charge is 0.238 e. The molecule has 0 aliphatic carbocycles. The molecule has 86 valence electrons. The van der Waals surface area contributed by atoms with Gasteiger partial charge in [-0.15, -0.1) is 0 Å². The van der Waals surface area contributed by atoms with E-state index in [0.29, 0.717) is 19.5 Å². The molecule has 1 fully saturated rings. The van der Waals surface area contributed by atoms with Crippen LogP contribution in [0.1, 0.15) is 18.0 Å². The van der Waals surface area contributed by atoms with E-state index in [-0.39, 0.29) is 17.8 Å². The summed E-state index contributed by atoms with van der Waals surface area (Å²) in [4.78, 5) is 11.5. The molecular formula is C11H14FN3O. The molecular weight excluding hydrogens is 209 g/mol. The largest absolute Gasteiger partial charge is 0.329 e. The Labute approximate surface area is 93.2 Å². The molecule has 1 saturated heterocycles. The molecule has 2 rings (SSSR count). The van der Waals surface area contributed by atoms with Crippen molar-refractivity contribution in [1.82, 2.24) is 10.4 Å². The van der Waals surface area contributed by atoms with E-state index < -0.39 is 0 Å². The number of hydrazine groups is 1. The van der Waals surface area contributed by atoms with Crippen molar-refractivity contribution in [3.63, 3.8) is 0 Å². The Hall–Kier alpha value is -1.46. The zero-order valence-electron chi connectivity index (χ0n) is 8.82. The molecule has 1 aliphatic heterocycles. The third-order valence-corrected chi connectivity index (χ3v) is 2.60. The normalized spacial score (nSPS) is 20.5. The van der Waals surface area contributed by atoms with Gasteiger partial charge < -0.3 is 5.73 Å². The number of hydrogen-bond donors (Lipinski definition) is 2. The van der Waals surface area contributed by atoms with Gasteiger partial charge in [-0.2, -0.15) is 0 Å². The SMILES string of the molecule is NCCN1NC(c2cccc(F)c2)CC1=O. The third kappa shape index (κ3) is 2.20. The maximum absolute atomic E-state index is 13.0. The first kappa shape index (κ1) is 11.0. The van der Waals surface area contributed by atoms with Crippen molar-refractivity contribution in [3.8, 4) is 0 Å². The first-order valence-corrected chi connectivity index (χ1v) is 5.23. The number of carbonyl (C=O) groups is 1. The highest BCUT2D eigenvalue weighted by Gasteiger charge is 2.29. The summed E-state index contributed by atoms with van der Waals surface area (Å²) in [6, 6.07) is 6.13. The number of nitrogens with zero attached hydrogens (tertiary/aromatic N) is 1. The van der Waals surface area contributed by atoms with Crippen molar-refractivity contribution in [2.45, 2.75) is 12.5 Å².